The molecular formula is C17H34AsN2O5P. The zero-order chi connectivity index (χ0) is 19.7. The van der Waals surface area contributed by atoms with E-state index in [1.54, 1.807) is 0 Å². The third-order valence-corrected chi connectivity index (χ3v) is 9.61. The van der Waals surface area contributed by atoms with E-state index in [2.05, 4.69) is 5.32 Å². The summed E-state index contributed by atoms with van der Waals surface area (Å²) in [6, 6.07) is -0.596. The summed E-state index contributed by atoms with van der Waals surface area (Å²) >= 11 is -1.19. The molecule has 152 valence electrons. The molecule has 1 amide bonds. The van der Waals surface area contributed by atoms with Crippen molar-refractivity contribution in [1.29, 1.82) is 0 Å². The van der Waals surface area contributed by atoms with E-state index < -0.39 is 35.3 Å². The Balaban J connectivity index is 2.45. The standard InChI is InChI=1S/C17H34AsN2O5P/c1-12(2)16(20-15(22)9-19)17(23)18-8-14(21)11-26(24,25)10-13-6-4-3-5-7-13/h12-14,16,18,21H,3-11,19H2,1-2H3,(H,20,22)(H,24,25)/t14-,16-/m0/s1. The average Bonchev–Trinajstić information content (AvgIpc) is 2.57. The van der Waals surface area contributed by atoms with Gasteiger partial charge in [0.15, 0.2) is 0 Å². The van der Waals surface area contributed by atoms with Crippen LogP contribution in [-0.4, -0.2) is 67.2 Å². The molecule has 1 aliphatic carbocycles. The van der Waals surface area contributed by atoms with Gasteiger partial charge < -0.3 is 0 Å². The summed E-state index contributed by atoms with van der Waals surface area (Å²) in [4.78, 5) is 34.0. The van der Waals surface area contributed by atoms with Crippen LogP contribution in [0.2, 0.25) is 5.21 Å². The molecule has 0 heterocycles. The average molecular weight is 452 g/mol. The zero-order valence-corrected chi connectivity index (χ0v) is 18.8. The summed E-state index contributed by atoms with van der Waals surface area (Å²) in [5.74, 6) is -0.160. The van der Waals surface area contributed by atoms with Crippen molar-refractivity contribution < 1.29 is 24.2 Å². The Bertz CT molecular complexity index is 511. The molecular weight excluding hydrogens is 418 g/mol. The number of carbonyl (C=O) groups excluding carboxylic acids is 2. The molecule has 1 fully saturated rings. The molecule has 26 heavy (non-hydrogen) atoms. The summed E-state index contributed by atoms with van der Waals surface area (Å²) < 4.78 is 12.3. The first kappa shape index (κ1) is 23.8. The minimum absolute atomic E-state index is 0.0610. The number of rotatable bonds is 11. The molecule has 0 aromatic heterocycles. The second-order valence-electron chi connectivity index (χ2n) is 7.61. The fourth-order valence-electron chi connectivity index (χ4n) is 3.34. The van der Waals surface area contributed by atoms with Gasteiger partial charge in [-0.3, -0.25) is 0 Å². The van der Waals surface area contributed by atoms with Gasteiger partial charge >= 0.3 is 163 Å². The molecule has 4 atom stereocenters. The van der Waals surface area contributed by atoms with Crippen molar-refractivity contribution in [2.24, 2.45) is 17.6 Å². The predicted octanol–water partition coefficient (Wildman–Crippen LogP) is 0.679. The minimum atomic E-state index is -3.37. The van der Waals surface area contributed by atoms with Crippen molar-refractivity contribution in [1.82, 2.24) is 5.32 Å². The molecule has 0 radical (unpaired) electrons. The first-order chi connectivity index (χ1) is 12.1. The van der Waals surface area contributed by atoms with Gasteiger partial charge in [-0.25, -0.2) is 0 Å². The first-order valence-corrected chi connectivity index (χ1v) is 14.0. The van der Waals surface area contributed by atoms with Gasteiger partial charge in [0.25, 0.3) is 0 Å². The Morgan fingerprint density at radius 3 is 2.42 bits per heavy atom. The second kappa shape index (κ2) is 11.6. The van der Waals surface area contributed by atoms with E-state index in [0.717, 1.165) is 25.7 Å². The molecule has 5 N–H and O–H groups in total. The first-order valence-electron chi connectivity index (χ1n) is 9.40. The van der Waals surface area contributed by atoms with Crippen molar-refractivity contribution >= 4 is 33.6 Å². The van der Waals surface area contributed by atoms with Crippen LogP contribution < -0.4 is 11.1 Å². The van der Waals surface area contributed by atoms with E-state index >= 15 is 0 Å². The van der Waals surface area contributed by atoms with Gasteiger partial charge in [0.05, 0.1) is 0 Å². The molecule has 0 spiro atoms. The number of aliphatic hydroxyl groups excluding tert-OH is 1. The summed E-state index contributed by atoms with van der Waals surface area (Å²) in [6.45, 7) is 3.51. The van der Waals surface area contributed by atoms with Crippen molar-refractivity contribution in [3.8, 4) is 0 Å². The van der Waals surface area contributed by atoms with Gasteiger partial charge in [0, 0.05) is 0 Å². The number of carbonyl (C=O) groups is 2. The van der Waals surface area contributed by atoms with Gasteiger partial charge in [0.2, 0.25) is 0 Å². The number of hydrogen-bond donors (Lipinski definition) is 4. The van der Waals surface area contributed by atoms with E-state index in [1.165, 1.54) is 6.42 Å². The van der Waals surface area contributed by atoms with Crippen molar-refractivity contribution in [3.63, 3.8) is 0 Å². The quantitative estimate of drug-likeness (QED) is 0.270. The van der Waals surface area contributed by atoms with Crippen LogP contribution in [0.3, 0.4) is 0 Å². The Morgan fingerprint density at radius 1 is 1.27 bits per heavy atom. The predicted molar refractivity (Wildman–Crippen MR) is 105 cm³/mol. The van der Waals surface area contributed by atoms with Crippen LogP contribution in [0.1, 0.15) is 46.0 Å². The SMILES string of the molecule is CC(C)[C@H](NC(=O)CN)C(=O)[AsH]C[C@H](O)CP(=O)(O)CC1CCCCC1. The summed E-state index contributed by atoms with van der Waals surface area (Å²) in [6.07, 6.45) is 4.60. The molecule has 9 heteroatoms. The molecule has 1 rings (SSSR count). The van der Waals surface area contributed by atoms with Crippen LogP contribution in [0.25, 0.3) is 0 Å². The number of nitrogens with two attached hydrogens (primary N) is 1. The van der Waals surface area contributed by atoms with Crippen LogP contribution in [0.5, 0.6) is 0 Å². The van der Waals surface area contributed by atoms with Gasteiger partial charge in [-0.2, -0.15) is 0 Å². The Kier molecular flexibility index (Phi) is 10.6. The van der Waals surface area contributed by atoms with E-state index in [9.17, 15) is 24.2 Å². The maximum absolute atomic E-state index is 12.4. The zero-order valence-electron chi connectivity index (χ0n) is 15.8. The van der Waals surface area contributed by atoms with Gasteiger partial charge in [-0.1, -0.05) is 0 Å². The van der Waals surface area contributed by atoms with Crippen LogP contribution in [-0.2, 0) is 14.2 Å². The van der Waals surface area contributed by atoms with E-state index in [-0.39, 0.29) is 46.4 Å². The third-order valence-electron chi connectivity index (χ3n) is 4.73. The molecule has 0 saturated heterocycles. The fourth-order valence-corrected chi connectivity index (χ4v) is 8.49. The molecule has 0 aromatic rings. The van der Waals surface area contributed by atoms with Crippen LogP contribution in [0.15, 0.2) is 0 Å². The number of aliphatic hydroxyl groups is 1. The Labute approximate surface area is 163 Å². The van der Waals surface area contributed by atoms with E-state index in [0.29, 0.717) is 0 Å². The van der Waals surface area contributed by atoms with E-state index in [4.69, 9.17) is 5.73 Å². The van der Waals surface area contributed by atoms with Crippen LogP contribution in [0, 0.1) is 11.8 Å². The molecule has 7 nitrogen and oxygen atoms in total. The normalized spacial score (nSPS) is 20.8. The second-order valence-corrected chi connectivity index (χ2v) is 12.7. The molecule has 0 bridgehead atoms. The van der Waals surface area contributed by atoms with Gasteiger partial charge in [-0.05, 0) is 0 Å². The molecule has 0 aliphatic heterocycles. The fraction of sp³-hybridized carbons (Fsp3) is 0.882. The van der Waals surface area contributed by atoms with Crippen LogP contribution >= 0.6 is 7.37 Å². The number of nitrogens with one attached hydrogen (secondary N) is 1. The summed E-state index contributed by atoms with van der Waals surface area (Å²) in [5.41, 5.74) is 5.28. The van der Waals surface area contributed by atoms with Gasteiger partial charge in [0.1, 0.15) is 0 Å². The monoisotopic (exact) mass is 452 g/mol. The van der Waals surface area contributed by atoms with Gasteiger partial charge in [-0.15, -0.1) is 0 Å². The topological polar surface area (TPSA) is 130 Å². The van der Waals surface area contributed by atoms with Crippen molar-refractivity contribution in [2.45, 2.75) is 63.3 Å². The number of hydrogen-bond acceptors (Lipinski definition) is 5. The van der Waals surface area contributed by atoms with E-state index in [1.807, 2.05) is 13.8 Å². The third kappa shape index (κ3) is 9.14. The Morgan fingerprint density at radius 2 is 1.88 bits per heavy atom. The summed E-state index contributed by atoms with van der Waals surface area (Å²) in [7, 11) is -3.37. The number of amides is 1. The summed E-state index contributed by atoms with van der Waals surface area (Å²) in [5, 5.41) is 13.0. The Hall–Kier alpha value is -0.192. The van der Waals surface area contributed by atoms with Crippen molar-refractivity contribution in [2.75, 3.05) is 18.9 Å². The van der Waals surface area contributed by atoms with Crippen molar-refractivity contribution in [3.05, 3.63) is 0 Å². The molecule has 1 saturated carbocycles. The molecule has 1 aliphatic rings. The maximum atomic E-state index is 12.4. The molecule has 0 aromatic carbocycles. The molecule has 2 unspecified atom stereocenters. The van der Waals surface area contributed by atoms with Crippen LogP contribution in [0.4, 0.5) is 0 Å².